The molecule has 24 heavy (non-hydrogen) atoms. The molecular weight excluding hydrogens is 440 g/mol. The highest BCUT2D eigenvalue weighted by atomic mass is 79.9. The van der Waals surface area contributed by atoms with Crippen molar-refractivity contribution in [2.45, 2.75) is 38.6 Å². The van der Waals surface area contributed by atoms with Crippen molar-refractivity contribution in [1.29, 1.82) is 0 Å². The minimum atomic E-state index is -0.329. The average Bonchev–Trinajstić information content (AvgIpc) is 2.75. The van der Waals surface area contributed by atoms with Crippen molar-refractivity contribution in [2.75, 3.05) is 18.6 Å². The summed E-state index contributed by atoms with van der Waals surface area (Å²) in [5.74, 6) is 1.02. The predicted molar refractivity (Wildman–Crippen MR) is 100 cm³/mol. The Morgan fingerprint density at radius 3 is 2.92 bits per heavy atom. The number of aromatic hydroxyl groups is 1. The number of nitrogens with one attached hydrogen (secondary N) is 1. The maximum Gasteiger partial charge on any atom is 0.328 e. The number of nitrogens with zero attached hydrogens (tertiary/aromatic N) is 1. The van der Waals surface area contributed by atoms with Gasteiger partial charge in [0.1, 0.15) is 17.6 Å². The van der Waals surface area contributed by atoms with E-state index in [-0.39, 0.29) is 17.8 Å². The number of phenolic OH excluding ortho intramolecular Hbond substituents is 1. The first-order valence-corrected chi connectivity index (χ1v) is 9.61. The normalized spacial score (nSPS) is 20.0. The molecule has 0 aromatic heterocycles. The number of hydrogen-bond acceptors (Lipinski definition) is 5. The van der Waals surface area contributed by atoms with Crippen LogP contribution >= 0.6 is 31.9 Å². The summed E-state index contributed by atoms with van der Waals surface area (Å²) in [6.07, 6.45) is 3.22. The van der Waals surface area contributed by atoms with Crippen molar-refractivity contribution in [3.8, 4) is 5.75 Å². The quantitative estimate of drug-likeness (QED) is 0.658. The summed E-state index contributed by atoms with van der Waals surface area (Å²) in [5, 5.41) is 13.8. The number of ether oxygens (including phenoxy) is 1. The summed E-state index contributed by atoms with van der Waals surface area (Å²) in [7, 11) is 1.95. The van der Waals surface area contributed by atoms with Crippen molar-refractivity contribution >= 4 is 43.5 Å². The maximum atomic E-state index is 12.2. The van der Waals surface area contributed by atoms with Crippen LogP contribution in [0.15, 0.2) is 26.4 Å². The van der Waals surface area contributed by atoms with E-state index in [4.69, 9.17) is 4.74 Å². The van der Waals surface area contributed by atoms with E-state index in [0.717, 1.165) is 40.8 Å². The van der Waals surface area contributed by atoms with Gasteiger partial charge in [-0.05, 0) is 69.7 Å². The maximum absolute atomic E-state index is 12.2. The summed E-state index contributed by atoms with van der Waals surface area (Å²) in [6, 6.07) is 1.51. The van der Waals surface area contributed by atoms with Gasteiger partial charge in [-0.15, -0.1) is 0 Å². The molecule has 1 atom stereocenters. The minimum absolute atomic E-state index is 0.205. The van der Waals surface area contributed by atoms with Gasteiger partial charge in [0.2, 0.25) is 0 Å². The van der Waals surface area contributed by atoms with Gasteiger partial charge in [0.15, 0.2) is 0 Å². The van der Waals surface area contributed by atoms with Crippen LogP contribution in [-0.2, 0) is 16.0 Å². The molecule has 0 saturated heterocycles. The Morgan fingerprint density at radius 2 is 2.21 bits per heavy atom. The topological polar surface area (TPSA) is 61.8 Å². The average molecular weight is 460 g/mol. The molecule has 2 heterocycles. The number of halogens is 2. The molecular formula is C17H20Br2N2O3. The minimum Gasteiger partial charge on any atom is -0.506 e. The Hall–Kier alpha value is -1.21. The van der Waals surface area contributed by atoms with Crippen LogP contribution in [0.3, 0.4) is 0 Å². The fraction of sp³-hybridized carbons (Fsp3) is 0.471. The fourth-order valence-electron chi connectivity index (χ4n) is 3.41. The number of phenols is 1. The van der Waals surface area contributed by atoms with Crippen LogP contribution in [0.1, 0.15) is 31.7 Å². The Balaban J connectivity index is 1.98. The van der Waals surface area contributed by atoms with Crippen molar-refractivity contribution in [3.63, 3.8) is 0 Å². The first-order valence-electron chi connectivity index (χ1n) is 8.02. The number of carbonyl (C=O) groups excluding carboxylic acids is 1. The highest BCUT2D eigenvalue weighted by Crippen LogP contribution is 2.46. The molecule has 2 N–H and O–H groups in total. The van der Waals surface area contributed by atoms with Crippen LogP contribution in [0.4, 0.5) is 5.69 Å². The first-order chi connectivity index (χ1) is 11.4. The number of carbonyl (C=O) groups is 1. The highest BCUT2D eigenvalue weighted by Gasteiger charge is 2.32. The third-order valence-electron chi connectivity index (χ3n) is 4.53. The molecule has 1 aromatic carbocycles. The first kappa shape index (κ1) is 17.6. The van der Waals surface area contributed by atoms with Gasteiger partial charge in [0.25, 0.3) is 0 Å². The monoisotopic (exact) mass is 458 g/mol. The van der Waals surface area contributed by atoms with Crippen LogP contribution in [-0.4, -0.2) is 30.8 Å². The van der Waals surface area contributed by atoms with Gasteiger partial charge in [-0.1, -0.05) is 0 Å². The van der Waals surface area contributed by atoms with E-state index in [0.29, 0.717) is 17.5 Å². The van der Waals surface area contributed by atoms with Gasteiger partial charge in [0.05, 0.1) is 16.8 Å². The molecule has 1 aromatic rings. The van der Waals surface area contributed by atoms with Crippen LogP contribution in [0.2, 0.25) is 0 Å². The predicted octanol–water partition coefficient (Wildman–Crippen LogP) is 3.83. The highest BCUT2D eigenvalue weighted by molar-refractivity contribution is 9.11. The zero-order chi connectivity index (χ0) is 17.4. The van der Waals surface area contributed by atoms with Crippen molar-refractivity contribution in [1.82, 2.24) is 5.32 Å². The second kappa shape index (κ2) is 6.96. The zero-order valence-electron chi connectivity index (χ0n) is 13.7. The second-order valence-electron chi connectivity index (χ2n) is 6.05. The molecule has 7 heteroatoms. The van der Waals surface area contributed by atoms with E-state index in [2.05, 4.69) is 37.2 Å². The number of fused-ring (bicyclic) bond motifs is 1. The molecule has 0 amide bonds. The van der Waals surface area contributed by atoms with E-state index < -0.39 is 0 Å². The van der Waals surface area contributed by atoms with E-state index >= 15 is 0 Å². The molecule has 3 rings (SSSR count). The number of anilines is 1. The van der Waals surface area contributed by atoms with Crippen molar-refractivity contribution < 1.29 is 14.6 Å². The second-order valence-corrected chi connectivity index (χ2v) is 7.75. The lowest BCUT2D eigenvalue weighted by atomic mass is 9.94. The van der Waals surface area contributed by atoms with E-state index in [1.807, 2.05) is 24.9 Å². The molecule has 0 fully saturated rings. The molecule has 130 valence electrons. The van der Waals surface area contributed by atoms with Crippen LogP contribution in [0.5, 0.6) is 5.75 Å². The number of allylic oxidation sites excluding steroid dienone is 1. The largest absolute Gasteiger partial charge is 0.506 e. The molecule has 0 radical (unpaired) electrons. The number of esters is 1. The molecule has 1 unspecified atom stereocenters. The number of rotatable bonds is 2. The van der Waals surface area contributed by atoms with E-state index in [1.165, 1.54) is 5.57 Å². The Kier molecular flexibility index (Phi) is 5.11. The van der Waals surface area contributed by atoms with Gasteiger partial charge in [-0.2, -0.15) is 0 Å². The number of hydrogen-bond donors (Lipinski definition) is 2. The zero-order valence-corrected chi connectivity index (χ0v) is 16.8. The standard InChI is InChI=1S/C17H20Br2N2O3/c1-3-24-17(23)13-6-4-5-9-7-10-14(21(2)16(9)20-13)11(18)8-12(19)15(10)22/h8,13,20,22H,3-7H2,1-2H3. The smallest absolute Gasteiger partial charge is 0.328 e. The SMILES string of the molecule is CCOC(=O)C1CCCC2=C(N1)N(C)c1c(Br)cc(Br)c(O)c1C2. The van der Waals surface area contributed by atoms with Crippen LogP contribution in [0, 0.1) is 0 Å². The lowest BCUT2D eigenvalue weighted by Crippen LogP contribution is -2.43. The summed E-state index contributed by atoms with van der Waals surface area (Å²) < 4.78 is 6.76. The van der Waals surface area contributed by atoms with Gasteiger partial charge >= 0.3 is 5.97 Å². The summed E-state index contributed by atoms with van der Waals surface area (Å²) in [4.78, 5) is 14.2. The summed E-state index contributed by atoms with van der Waals surface area (Å²) in [5.41, 5.74) is 3.03. The molecule has 0 saturated carbocycles. The Bertz CT molecular complexity index is 718. The Morgan fingerprint density at radius 1 is 1.46 bits per heavy atom. The van der Waals surface area contributed by atoms with Crippen LogP contribution < -0.4 is 10.2 Å². The molecule has 0 aliphatic carbocycles. The Labute approximate surface area is 158 Å². The number of benzene rings is 1. The van der Waals surface area contributed by atoms with Gasteiger partial charge in [0, 0.05) is 23.5 Å². The van der Waals surface area contributed by atoms with Crippen molar-refractivity contribution in [2.24, 2.45) is 0 Å². The van der Waals surface area contributed by atoms with Gasteiger partial charge < -0.3 is 20.1 Å². The lowest BCUT2D eigenvalue weighted by molar-refractivity contribution is -0.145. The van der Waals surface area contributed by atoms with Crippen LogP contribution in [0.25, 0.3) is 0 Å². The fourth-order valence-corrected chi connectivity index (χ4v) is 4.92. The van der Waals surface area contributed by atoms with Gasteiger partial charge in [-0.25, -0.2) is 4.79 Å². The molecule has 0 bridgehead atoms. The third-order valence-corrected chi connectivity index (χ3v) is 5.74. The van der Waals surface area contributed by atoms with E-state index in [1.54, 1.807) is 0 Å². The summed E-state index contributed by atoms with van der Waals surface area (Å²) in [6.45, 7) is 2.20. The van der Waals surface area contributed by atoms with E-state index in [9.17, 15) is 9.90 Å². The molecule has 0 spiro atoms. The molecule has 2 aliphatic rings. The lowest BCUT2D eigenvalue weighted by Gasteiger charge is -2.34. The molecule has 5 nitrogen and oxygen atoms in total. The van der Waals surface area contributed by atoms with Gasteiger partial charge in [-0.3, -0.25) is 0 Å². The molecule has 2 aliphatic heterocycles. The summed E-state index contributed by atoms with van der Waals surface area (Å²) >= 11 is 6.99. The van der Waals surface area contributed by atoms with Crippen molar-refractivity contribution in [3.05, 3.63) is 32.0 Å². The third kappa shape index (κ3) is 3.04.